The van der Waals surface area contributed by atoms with Crippen LogP contribution in [-0.2, 0) is 9.53 Å². The van der Waals surface area contributed by atoms with E-state index in [1.807, 2.05) is 47.1 Å². The van der Waals surface area contributed by atoms with Crippen molar-refractivity contribution >= 4 is 23.1 Å². The lowest BCUT2D eigenvalue weighted by molar-refractivity contribution is -0.114. The highest BCUT2D eigenvalue weighted by Gasteiger charge is 2.22. The molecule has 1 amide bonds. The lowest BCUT2D eigenvalue weighted by Crippen LogP contribution is -2.18. The summed E-state index contributed by atoms with van der Waals surface area (Å²) in [7, 11) is 0. The van der Waals surface area contributed by atoms with E-state index in [0.29, 0.717) is 11.6 Å². The maximum absolute atomic E-state index is 11.4. The monoisotopic (exact) mass is 446 g/mol. The van der Waals surface area contributed by atoms with Crippen LogP contribution >= 0.6 is 11.3 Å². The summed E-state index contributed by atoms with van der Waals surface area (Å²) in [6.07, 6.45) is 6.47. The molecule has 0 spiro atoms. The van der Waals surface area contributed by atoms with Gasteiger partial charge in [-0.05, 0) is 31.4 Å². The maximum Gasteiger partial charge on any atom is 0.222 e. The quantitative estimate of drug-likeness (QED) is 0.474. The summed E-state index contributed by atoms with van der Waals surface area (Å²) in [5, 5.41) is 8.26. The summed E-state index contributed by atoms with van der Waals surface area (Å²) in [5.74, 6) is 0.946. The summed E-state index contributed by atoms with van der Waals surface area (Å²) >= 11 is 1.52. The normalized spacial score (nSPS) is 16.1. The highest BCUT2D eigenvalue weighted by molar-refractivity contribution is 7.18. The molecule has 0 radical (unpaired) electrons. The van der Waals surface area contributed by atoms with Crippen LogP contribution in [0.15, 0.2) is 55.0 Å². The van der Waals surface area contributed by atoms with Crippen LogP contribution in [-0.4, -0.2) is 37.2 Å². The van der Waals surface area contributed by atoms with E-state index in [-0.39, 0.29) is 12.1 Å². The fraction of sp³-hybridized carbons (Fsp3) is 0.261. The van der Waals surface area contributed by atoms with Gasteiger partial charge in [-0.15, -0.1) is 16.4 Å². The predicted octanol–water partition coefficient (Wildman–Crippen LogP) is 4.79. The van der Waals surface area contributed by atoms with Crippen molar-refractivity contribution in [3.63, 3.8) is 0 Å². The van der Waals surface area contributed by atoms with E-state index in [1.165, 1.54) is 18.3 Å². The second kappa shape index (κ2) is 8.97. The van der Waals surface area contributed by atoms with E-state index in [0.717, 1.165) is 52.6 Å². The summed E-state index contributed by atoms with van der Waals surface area (Å²) in [5.41, 5.74) is 2.68. The average Bonchev–Trinajstić information content (AvgIpc) is 3.48. The molecule has 1 unspecified atom stereocenters. The SMILES string of the molecule is CC(=O)Nc1cc(-c2nc(-c3ccccc3)c(-c3ncn(C4CCCCO4)n3)s2)ccn1. The fourth-order valence-electron chi connectivity index (χ4n) is 3.65. The molecule has 0 saturated carbocycles. The first-order chi connectivity index (χ1) is 15.7. The Morgan fingerprint density at radius 3 is 2.81 bits per heavy atom. The lowest BCUT2D eigenvalue weighted by atomic mass is 10.1. The number of anilines is 1. The standard InChI is InChI=1S/C23H22N6O2S/c1-15(30)26-18-13-17(10-11-24-18)23-27-20(16-7-3-2-4-8-16)21(32-23)22-25-14-29(28-22)19-9-5-6-12-31-19/h2-4,7-8,10-11,13-14,19H,5-6,9,12H2,1H3,(H,24,26,30). The van der Waals surface area contributed by atoms with E-state index in [2.05, 4.69) is 15.3 Å². The molecule has 0 bridgehead atoms. The van der Waals surface area contributed by atoms with Crippen molar-refractivity contribution in [3.05, 3.63) is 55.0 Å². The Balaban J connectivity index is 1.56. The van der Waals surface area contributed by atoms with Gasteiger partial charge in [0.05, 0.1) is 5.69 Å². The van der Waals surface area contributed by atoms with Crippen molar-refractivity contribution in [2.24, 2.45) is 0 Å². The van der Waals surface area contributed by atoms with Crippen LogP contribution in [0, 0.1) is 0 Å². The third-order valence-corrected chi connectivity index (χ3v) is 6.25. The van der Waals surface area contributed by atoms with E-state index in [4.69, 9.17) is 14.8 Å². The van der Waals surface area contributed by atoms with Crippen molar-refractivity contribution in [2.45, 2.75) is 32.4 Å². The van der Waals surface area contributed by atoms with Crippen molar-refractivity contribution in [2.75, 3.05) is 11.9 Å². The van der Waals surface area contributed by atoms with Crippen molar-refractivity contribution < 1.29 is 9.53 Å². The van der Waals surface area contributed by atoms with Crippen LogP contribution < -0.4 is 5.32 Å². The predicted molar refractivity (Wildman–Crippen MR) is 123 cm³/mol. The van der Waals surface area contributed by atoms with Gasteiger partial charge in [0.1, 0.15) is 22.0 Å². The van der Waals surface area contributed by atoms with Gasteiger partial charge >= 0.3 is 0 Å². The van der Waals surface area contributed by atoms with Crippen LogP contribution in [0.5, 0.6) is 0 Å². The fourth-order valence-corrected chi connectivity index (χ4v) is 4.67. The zero-order chi connectivity index (χ0) is 21.9. The topological polar surface area (TPSA) is 94.8 Å². The average molecular weight is 447 g/mol. The lowest BCUT2D eigenvalue weighted by Gasteiger charge is -2.21. The van der Waals surface area contributed by atoms with Crippen molar-refractivity contribution in [1.82, 2.24) is 24.7 Å². The first kappa shape index (κ1) is 20.5. The van der Waals surface area contributed by atoms with E-state index in [1.54, 1.807) is 12.5 Å². The molecule has 1 saturated heterocycles. The Morgan fingerprint density at radius 1 is 1.16 bits per heavy atom. The largest absolute Gasteiger partial charge is 0.356 e. The molecule has 1 N–H and O–H groups in total. The molecule has 1 aliphatic rings. The first-order valence-electron chi connectivity index (χ1n) is 10.5. The van der Waals surface area contributed by atoms with Gasteiger partial charge in [0.25, 0.3) is 0 Å². The molecule has 32 heavy (non-hydrogen) atoms. The van der Waals surface area contributed by atoms with Crippen LogP contribution in [0.1, 0.15) is 32.4 Å². The minimum absolute atomic E-state index is 0.0713. The number of benzene rings is 1. The Bertz CT molecular complexity index is 1230. The van der Waals surface area contributed by atoms with Gasteiger partial charge in [-0.3, -0.25) is 4.79 Å². The summed E-state index contributed by atoms with van der Waals surface area (Å²) in [4.78, 5) is 26.0. The molecule has 1 aliphatic heterocycles. The number of amides is 1. The van der Waals surface area contributed by atoms with Gasteiger partial charge in [-0.2, -0.15) is 0 Å². The number of ether oxygens (including phenoxy) is 1. The van der Waals surface area contributed by atoms with Gasteiger partial charge in [-0.1, -0.05) is 30.3 Å². The summed E-state index contributed by atoms with van der Waals surface area (Å²) in [6, 6.07) is 13.7. The smallest absolute Gasteiger partial charge is 0.222 e. The molecule has 1 atom stereocenters. The van der Waals surface area contributed by atoms with Gasteiger partial charge in [0.15, 0.2) is 12.1 Å². The maximum atomic E-state index is 11.4. The number of thiazole rings is 1. The number of nitrogens with one attached hydrogen (secondary N) is 1. The Hall–Kier alpha value is -3.43. The minimum Gasteiger partial charge on any atom is -0.356 e. The number of aromatic nitrogens is 5. The van der Waals surface area contributed by atoms with Crippen molar-refractivity contribution in [3.8, 4) is 32.5 Å². The third-order valence-electron chi connectivity index (χ3n) is 5.15. The molecule has 8 nitrogen and oxygen atoms in total. The van der Waals surface area contributed by atoms with Crippen LogP contribution in [0.4, 0.5) is 5.82 Å². The Morgan fingerprint density at radius 2 is 2.03 bits per heavy atom. The minimum atomic E-state index is -0.167. The van der Waals surface area contributed by atoms with Gasteiger partial charge in [0.2, 0.25) is 5.91 Å². The number of hydrogen-bond donors (Lipinski definition) is 1. The zero-order valence-corrected chi connectivity index (χ0v) is 18.4. The van der Waals surface area contributed by atoms with Crippen LogP contribution in [0.3, 0.4) is 0 Å². The number of rotatable bonds is 5. The molecule has 4 heterocycles. The van der Waals surface area contributed by atoms with Gasteiger partial charge < -0.3 is 10.1 Å². The third kappa shape index (κ3) is 4.30. The van der Waals surface area contributed by atoms with Gasteiger partial charge in [0, 0.05) is 30.9 Å². The van der Waals surface area contributed by atoms with Crippen LogP contribution in [0.25, 0.3) is 32.5 Å². The molecule has 0 aliphatic carbocycles. The number of carbonyl (C=O) groups excluding carboxylic acids is 1. The zero-order valence-electron chi connectivity index (χ0n) is 17.6. The molecular weight excluding hydrogens is 424 g/mol. The van der Waals surface area contributed by atoms with E-state index < -0.39 is 0 Å². The van der Waals surface area contributed by atoms with E-state index in [9.17, 15) is 4.79 Å². The highest BCUT2D eigenvalue weighted by Crippen LogP contribution is 2.39. The molecule has 9 heteroatoms. The van der Waals surface area contributed by atoms with Crippen molar-refractivity contribution in [1.29, 1.82) is 0 Å². The van der Waals surface area contributed by atoms with Gasteiger partial charge in [-0.25, -0.2) is 19.6 Å². The number of hydrogen-bond acceptors (Lipinski definition) is 7. The second-order valence-corrected chi connectivity index (χ2v) is 8.54. The Kier molecular flexibility index (Phi) is 5.74. The Labute approximate surface area is 189 Å². The first-order valence-corrected chi connectivity index (χ1v) is 11.3. The molecule has 4 aromatic rings. The molecular formula is C23H22N6O2S. The van der Waals surface area contributed by atoms with Crippen LogP contribution in [0.2, 0.25) is 0 Å². The number of carbonyl (C=O) groups is 1. The summed E-state index contributed by atoms with van der Waals surface area (Å²) < 4.78 is 7.66. The number of nitrogens with zero attached hydrogens (tertiary/aromatic N) is 5. The number of pyridine rings is 1. The highest BCUT2D eigenvalue weighted by atomic mass is 32.1. The molecule has 3 aromatic heterocycles. The molecule has 1 fully saturated rings. The van der Waals surface area contributed by atoms with E-state index >= 15 is 0 Å². The summed E-state index contributed by atoms with van der Waals surface area (Å²) in [6.45, 7) is 2.21. The molecule has 5 rings (SSSR count). The molecule has 162 valence electrons. The molecule has 1 aromatic carbocycles. The second-order valence-electron chi connectivity index (χ2n) is 7.54.